The van der Waals surface area contributed by atoms with Crippen molar-refractivity contribution in [2.24, 2.45) is 0 Å². The summed E-state index contributed by atoms with van der Waals surface area (Å²) in [7, 11) is 1.55. The minimum atomic E-state index is -0.749. The van der Waals surface area contributed by atoms with Crippen molar-refractivity contribution in [2.45, 2.75) is 58.2 Å². The van der Waals surface area contributed by atoms with E-state index in [1.807, 2.05) is 36.4 Å². The van der Waals surface area contributed by atoms with Crippen molar-refractivity contribution in [2.75, 3.05) is 7.05 Å². The lowest BCUT2D eigenvalue weighted by molar-refractivity contribution is -0.120. The molecule has 0 saturated heterocycles. The molecule has 248 valence electrons. The van der Waals surface area contributed by atoms with E-state index in [4.69, 9.17) is 4.74 Å². The molecule has 10 heteroatoms. The summed E-state index contributed by atoms with van der Waals surface area (Å²) in [4.78, 5) is 42.7. The first kappa shape index (κ1) is 34.0. The van der Waals surface area contributed by atoms with Gasteiger partial charge in [0.2, 0.25) is 5.91 Å². The van der Waals surface area contributed by atoms with Gasteiger partial charge in [-0.05, 0) is 97.3 Å². The quantitative estimate of drug-likeness (QED) is 0.174. The van der Waals surface area contributed by atoms with Crippen LogP contribution in [-0.4, -0.2) is 35.5 Å². The van der Waals surface area contributed by atoms with Gasteiger partial charge < -0.3 is 20.7 Å². The maximum atomic E-state index is 14.2. The number of allylic oxidation sites excluding steroid dienone is 1. The van der Waals surface area contributed by atoms with E-state index >= 15 is 0 Å². The molecule has 0 aliphatic heterocycles. The lowest BCUT2D eigenvalue weighted by Crippen LogP contribution is -2.32. The third-order valence-electron chi connectivity index (χ3n) is 7.80. The standard InChI is InChI=1S/C38H38F2N4O4/c1-38(2,3)48-37(47)43-22-23-10-13-31-26(15-23)11-12-27(31)20-34(45)44-33(18-24-16-29(39)21-30(40)17-24)35-32(9-6-14-42-35)25-7-5-8-28(19-25)36(46)41-4/h5-10,12-17,19,21,33H,11,18,20,22H2,1-4H3,(H,41,46)(H,43,47)(H,44,45)/t33-/m0/s1. The minimum absolute atomic E-state index is 0.0726. The number of ether oxygens (including phenoxy) is 1. The number of nitrogens with one attached hydrogen (secondary N) is 3. The summed E-state index contributed by atoms with van der Waals surface area (Å²) in [5.74, 6) is -1.98. The number of pyridine rings is 1. The maximum absolute atomic E-state index is 14.2. The van der Waals surface area contributed by atoms with E-state index < -0.39 is 29.4 Å². The number of halogens is 2. The van der Waals surface area contributed by atoms with Crippen molar-refractivity contribution in [3.63, 3.8) is 0 Å². The number of carbonyl (C=O) groups is 3. The summed E-state index contributed by atoms with van der Waals surface area (Å²) < 4.78 is 33.8. The van der Waals surface area contributed by atoms with Crippen LogP contribution in [0.2, 0.25) is 0 Å². The fourth-order valence-electron chi connectivity index (χ4n) is 5.75. The van der Waals surface area contributed by atoms with Gasteiger partial charge in [-0.25, -0.2) is 13.6 Å². The van der Waals surface area contributed by atoms with Crippen LogP contribution in [0.3, 0.4) is 0 Å². The van der Waals surface area contributed by atoms with Crippen molar-refractivity contribution >= 4 is 23.5 Å². The molecule has 0 bridgehead atoms. The van der Waals surface area contributed by atoms with Gasteiger partial charge in [0.05, 0.1) is 18.2 Å². The zero-order chi connectivity index (χ0) is 34.4. The van der Waals surface area contributed by atoms with Crippen LogP contribution in [0.25, 0.3) is 16.7 Å². The second-order valence-electron chi connectivity index (χ2n) is 12.7. The molecule has 3 aromatic carbocycles. The molecule has 0 radical (unpaired) electrons. The van der Waals surface area contributed by atoms with Crippen molar-refractivity contribution in [1.29, 1.82) is 0 Å². The summed E-state index contributed by atoms with van der Waals surface area (Å²) in [6.07, 6.45) is 3.88. The summed E-state index contributed by atoms with van der Waals surface area (Å²) in [6, 6.07) is 19.0. The summed E-state index contributed by atoms with van der Waals surface area (Å²) in [5, 5.41) is 8.46. The number of carbonyl (C=O) groups excluding carboxylic acids is 3. The Bertz CT molecular complexity index is 1860. The normalized spacial score (nSPS) is 12.8. The highest BCUT2D eigenvalue weighted by molar-refractivity contribution is 5.95. The van der Waals surface area contributed by atoms with E-state index in [0.717, 1.165) is 28.3 Å². The Hall–Kier alpha value is -5.38. The molecule has 8 nitrogen and oxygen atoms in total. The van der Waals surface area contributed by atoms with Crippen molar-refractivity contribution in [3.8, 4) is 11.1 Å². The first-order chi connectivity index (χ1) is 22.9. The maximum Gasteiger partial charge on any atom is 0.407 e. The van der Waals surface area contributed by atoms with Gasteiger partial charge in [0.1, 0.15) is 17.2 Å². The Morgan fingerprint density at radius 3 is 2.42 bits per heavy atom. The Morgan fingerprint density at radius 1 is 0.917 bits per heavy atom. The summed E-state index contributed by atoms with van der Waals surface area (Å²) >= 11 is 0. The number of hydrogen-bond donors (Lipinski definition) is 3. The molecule has 4 aromatic rings. The van der Waals surface area contributed by atoms with Crippen LogP contribution in [0.1, 0.15) is 71.5 Å². The van der Waals surface area contributed by atoms with Gasteiger partial charge in [0.25, 0.3) is 5.91 Å². The average molecular weight is 653 g/mol. The second kappa shape index (κ2) is 14.6. The third kappa shape index (κ3) is 8.70. The first-order valence-electron chi connectivity index (χ1n) is 15.7. The highest BCUT2D eigenvalue weighted by atomic mass is 19.1. The van der Waals surface area contributed by atoms with Gasteiger partial charge in [0.15, 0.2) is 0 Å². The molecule has 0 fully saturated rings. The molecule has 3 amide bonds. The van der Waals surface area contributed by atoms with Crippen LogP contribution in [0.5, 0.6) is 0 Å². The number of alkyl carbamates (subject to hydrolysis) is 1. The molecule has 1 aromatic heterocycles. The zero-order valence-electron chi connectivity index (χ0n) is 27.3. The number of hydrogen-bond acceptors (Lipinski definition) is 5. The van der Waals surface area contributed by atoms with Gasteiger partial charge in [-0.2, -0.15) is 0 Å². The SMILES string of the molecule is CNC(=O)c1cccc(-c2cccnc2[C@H](Cc2cc(F)cc(F)c2)NC(=O)CC2=CCc3cc(CNC(=O)OC(C)(C)C)ccc32)c1. The number of aromatic nitrogens is 1. The summed E-state index contributed by atoms with van der Waals surface area (Å²) in [6.45, 7) is 5.71. The van der Waals surface area contributed by atoms with Crippen molar-refractivity contribution in [1.82, 2.24) is 20.9 Å². The van der Waals surface area contributed by atoms with E-state index in [1.54, 1.807) is 58.3 Å². The minimum Gasteiger partial charge on any atom is -0.444 e. The molecule has 48 heavy (non-hydrogen) atoms. The van der Waals surface area contributed by atoms with Crippen LogP contribution in [0.4, 0.5) is 13.6 Å². The Labute approximate surface area is 278 Å². The fourth-order valence-corrected chi connectivity index (χ4v) is 5.75. The van der Waals surface area contributed by atoms with Gasteiger partial charge in [-0.1, -0.05) is 42.5 Å². The summed E-state index contributed by atoms with van der Waals surface area (Å²) in [5.41, 5.74) is 5.82. The molecular formula is C38H38F2N4O4. The number of benzene rings is 3. The molecule has 3 N–H and O–H groups in total. The number of amides is 3. The molecule has 1 heterocycles. The Balaban J connectivity index is 1.37. The van der Waals surface area contributed by atoms with Crippen molar-refractivity contribution in [3.05, 3.63) is 130 Å². The van der Waals surface area contributed by atoms with E-state index in [9.17, 15) is 23.2 Å². The van der Waals surface area contributed by atoms with Crippen LogP contribution < -0.4 is 16.0 Å². The van der Waals surface area contributed by atoms with Crippen molar-refractivity contribution < 1.29 is 27.9 Å². The second-order valence-corrected chi connectivity index (χ2v) is 12.7. The molecular weight excluding hydrogens is 614 g/mol. The lowest BCUT2D eigenvalue weighted by atomic mass is 9.94. The van der Waals surface area contributed by atoms with E-state index in [-0.39, 0.29) is 24.7 Å². The molecule has 0 spiro atoms. The monoisotopic (exact) mass is 652 g/mol. The topological polar surface area (TPSA) is 109 Å². The predicted octanol–water partition coefficient (Wildman–Crippen LogP) is 6.84. The first-order valence-corrected chi connectivity index (χ1v) is 15.7. The zero-order valence-corrected chi connectivity index (χ0v) is 27.3. The number of rotatable bonds is 10. The third-order valence-corrected chi connectivity index (χ3v) is 7.80. The van der Waals surface area contributed by atoms with Crippen LogP contribution >= 0.6 is 0 Å². The van der Waals surface area contributed by atoms with Gasteiger partial charge in [0, 0.05) is 37.0 Å². The molecule has 5 rings (SSSR count). The highest BCUT2D eigenvalue weighted by Crippen LogP contribution is 2.33. The van der Waals surface area contributed by atoms with E-state index in [2.05, 4.69) is 20.9 Å². The van der Waals surface area contributed by atoms with E-state index in [1.165, 1.54) is 12.1 Å². The smallest absolute Gasteiger partial charge is 0.407 e. The molecule has 0 unspecified atom stereocenters. The van der Waals surface area contributed by atoms with Crippen LogP contribution in [-0.2, 0) is 28.9 Å². The van der Waals surface area contributed by atoms with Gasteiger partial charge in [-0.15, -0.1) is 0 Å². The van der Waals surface area contributed by atoms with Gasteiger partial charge in [-0.3, -0.25) is 14.6 Å². The van der Waals surface area contributed by atoms with E-state index in [0.29, 0.717) is 40.9 Å². The van der Waals surface area contributed by atoms with Crippen LogP contribution in [0.15, 0.2) is 85.1 Å². The molecule has 1 aliphatic carbocycles. The Kier molecular flexibility index (Phi) is 10.3. The fraction of sp³-hybridized carbons (Fsp3) is 0.263. The molecule has 0 saturated carbocycles. The number of nitrogens with zero attached hydrogens (tertiary/aromatic N) is 1. The molecule has 1 aliphatic rings. The van der Waals surface area contributed by atoms with Crippen LogP contribution in [0, 0.1) is 11.6 Å². The Morgan fingerprint density at radius 2 is 1.69 bits per heavy atom. The average Bonchev–Trinajstić information content (AvgIpc) is 3.43. The number of fused-ring (bicyclic) bond motifs is 1. The lowest BCUT2D eigenvalue weighted by Gasteiger charge is -2.22. The largest absolute Gasteiger partial charge is 0.444 e. The highest BCUT2D eigenvalue weighted by Gasteiger charge is 2.24. The predicted molar refractivity (Wildman–Crippen MR) is 180 cm³/mol. The molecule has 1 atom stereocenters. The van der Waals surface area contributed by atoms with Gasteiger partial charge >= 0.3 is 6.09 Å².